The molecule has 2 rings (SSSR count). The number of aryl methyl sites for hydroxylation is 3. The molecule has 0 spiro atoms. The Bertz CT molecular complexity index is 443. The van der Waals surface area contributed by atoms with E-state index in [1.54, 1.807) is 0 Å². The van der Waals surface area contributed by atoms with E-state index >= 15 is 0 Å². The van der Waals surface area contributed by atoms with E-state index in [2.05, 4.69) is 17.0 Å². The molecule has 3 nitrogen and oxygen atoms in total. The van der Waals surface area contributed by atoms with Gasteiger partial charge in [0.15, 0.2) is 5.65 Å². The highest BCUT2D eigenvalue weighted by atomic mass is 15.3. The van der Waals surface area contributed by atoms with Gasteiger partial charge in [-0.05, 0) is 26.3 Å². The Morgan fingerprint density at radius 1 is 1.31 bits per heavy atom. The molecule has 0 radical (unpaired) electrons. The zero-order valence-corrected chi connectivity index (χ0v) is 8.20. The van der Waals surface area contributed by atoms with Crippen LogP contribution in [0.3, 0.4) is 0 Å². The van der Waals surface area contributed by atoms with E-state index in [1.165, 1.54) is 0 Å². The van der Waals surface area contributed by atoms with E-state index in [9.17, 15) is 0 Å². The van der Waals surface area contributed by atoms with Gasteiger partial charge in [-0.3, -0.25) is 0 Å². The molecule has 2 aromatic heterocycles. The van der Waals surface area contributed by atoms with Crippen LogP contribution in [0.1, 0.15) is 24.0 Å². The minimum atomic E-state index is 0.953. The molecule has 0 bridgehead atoms. The first-order valence-corrected chi connectivity index (χ1v) is 4.53. The fourth-order valence-corrected chi connectivity index (χ4v) is 1.51. The Kier molecular flexibility index (Phi) is 1.79. The summed E-state index contributed by atoms with van der Waals surface area (Å²) >= 11 is 0. The van der Waals surface area contributed by atoms with Crippen molar-refractivity contribution in [2.75, 3.05) is 0 Å². The molecule has 68 valence electrons. The fraction of sp³-hybridized carbons (Fsp3) is 0.400. The fourth-order valence-electron chi connectivity index (χ4n) is 1.51. The van der Waals surface area contributed by atoms with Crippen molar-refractivity contribution in [3.63, 3.8) is 0 Å². The number of hydrogen-bond acceptors (Lipinski definition) is 2. The SMILES string of the molecule is CCc1cc2nc(C)cc(C)n2n1. The summed E-state index contributed by atoms with van der Waals surface area (Å²) in [6.45, 7) is 6.16. The van der Waals surface area contributed by atoms with Gasteiger partial charge in [-0.15, -0.1) is 0 Å². The highest BCUT2D eigenvalue weighted by Gasteiger charge is 2.03. The van der Waals surface area contributed by atoms with Crippen molar-refractivity contribution in [1.82, 2.24) is 14.6 Å². The van der Waals surface area contributed by atoms with Crippen LogP contribution in [0.15, 0.2) is 12.1 Å². The quantitative estimate of drug-likeness (QED) is 0.662. The molecule has 0 unspecified atom stereocenters. The van der Waals surface area contributed by atoms with Gasteiger partial charge in [-0.2, -0.15) is 5.10 Å². The predicted molar refractivity (Wildman–Crippen MR) is 51.8 cm³/mol. The molecule has 13 heavy (non-hydrogen) atoms. The first-order valence-electron chi connectivity index (χ1n) is 4.53. The standard InChI is InChI=1S/C10H13N3/c1-4-9-6-10-11-7(2)5-8(3)13(10)12-9/h5-6H,4H2,1-3H3. The van der Waals surface area contributed by atoms with E-state index in [0.29, 0.717) is 0 Å². The second kappa shape index (κ2) is 2.83. The van der Waals surface area contributed by atoms with Gasteiger partial charge in [0.05, 0.1) is 5.69 Å². The Morgan fingerprint density at radius 3 is 2.77 bits per heavy atom. The molecule has 0 fully saturated rings. The summed E-state index contributed by atoms with van der Waals surface area (Å²) in [4.78, 5) is 4.41. The van der Waals surface area contributed by atoms with Gasteiger partial charge >= 0.3 is 0 Å². The van der Waals surface area contributed by atoms with Gasteiger partial charge in [-0.25, -0.2) is 9.50 Å². The van der Waals surface area contributed by atoms with Crippen LogP contribution >= 0.6 is 0 Å². The number of fused-ring (bicyclic) bond motifs is 1. The van der Waals surface area contributed by atoms with Crippen LogP contribution in [-0.4, -0.2) is 14.6 Å². The monoisotopic (exact) mass is 175 g/mol. The maximum atomic E-state index is 4.43. The van der Waals surface area contributed by atoms with Crippen molar-refractivity contribution in [1.29, 1.82) is 0 Å². The molecule has 0 aliphatic heterocycles. The van der Waals surface area contributed by atoms with Crippen LogP contribution in [0.5, 0.6) is 0 Å². The number of nitrogens with zero attached hydrogens (tertiary/aromatic N) is 3. The van der Waals surface area contributed by atoms with Crippen molar-refractivity contribution in [3.05, 3.63) is 29.2 Å². The highest BCUT2D eigenvalue weighted by Crippen LogP contribution is 2.08. The van der Waals surface area contributed by atoms with Crippen LogP contribution in [0.25, 0.3) is 5.65 Å². The molecule has 2 heterocycles. The Hall–Kier alpha value is -1.38. The molecule has 0 saturated heterocycles. The summed E-state index contributed by atoms with van der Waals surface area (Å²) in [5, 5.41) is 4.43. The molecule has 0 aliphatic carbocycles. The third-order valence-electron chi connectivity index (χ3n) is 2.15. The Balaban J connectivity index is 2.75. The van der Waals surface area contributed by atoms with E-state index < -0.39 is 0 Å². The molecule has 0 aliphatic rings. The van der Waals surface area contributed by atoms with Crippen LogP contribution in [0.2, 0.25) is 0 Å². The van der Waals surface area contributed by atoms with Crippen LogP contribution in [-0.2, 0) is 6.42 Å². The van der Waals surface area contributed by atoms with Crippen molar-refractivity contribution in [2.45, 2.75) is 27.2 Å². The lowest BCUT2D eigenvalue weighted by Crippen LogP contribution is -1.97. The number of aromatic nitrogens is 3. The van der Waals surface area contributed by atoms with Crippen LogP contribution in [0.4, 0.5) is 0 Å². The average molecular weight is 175 g/mol. The summed E-state index contributed by atoms with van der Waals surface area (Å²) < 4.78 is 1.89. The largest absolute Gasteiger partial charge is 0.234 e. The number of rotatable bonds is 1. The van der Waals surface area contributed by atoms with Gasteiger partial charge < -0.3 is 0 Å². The molecular weight excluding hydrogens is 162 g/mol. The summed E-state index contributed by atoms with van der Waals surface area (Å²) in [5.74, 6) is 0. The van der Waals surface area contributed by atoms with E-state index in [0.717, 1.165) is 29.1 Å². The molecule has 0 aromatic carbocycles. The third kappa shape index (κ3) is 1.30. The average Bonchev–Trinajstić information content (AvgIpc) is 2.47. The summed E-state index contributed by atoms with van der Waals surface area (Å²) in [7, 11) is 0. The minimum Gasteiger partial charge on any atom is -0.234 e. The van der Waals surface area contributed by atoms with Crippen molar-refractivity contribution < 1.29 is 0 Å². The normalized spacial score (nSPS) is 11.0. The molecule has 0 atom stereocenters. The third-order valence-corrected chi connectivity index (χ3v) is 2.15. The van der Waals surface area contributed by atoms with Crippen LogP contribution in [0, 0.1) is 13.8 Å². The molecule has 3 heteroatoms. The molecule has 0 saturated carbocycles. The smallest absolute Gasteiger partial charge is 0.155 e. The maximum Gasteiger partial charge on any atom is 0.155 e. The van der Waals surface area contributed by atoms with Gasteiger partial charge in [0, 0.05) is 17.5 Å². The van der Waals surface area contributed by atoms with E-state index in [4.69, 9.17) is 0 Å². The lowest BCUT2D eigenvalue weighted by atomic mass is 10.3. The predicted octanol–water partition coefficient (Wildman–Crippen LogP) is 1.91. The topological polar surface area (TPSA) is 30.2 Å². The molecule has 2 aromatic rings. The van der Waals surface area contributed by atoms with Crippen molar-refractivity contribution in [2.24, 2.45) is 0 Å². The highest BCUT2D eigenvalue weighted by molar-refractivity contribution is 5.41. The lowest BCUT2D eigenvalue weighted by Gasteiger charge is -1.98. The summed E-state index contributed by atoms with van der Waals surface area (Å²) in [5.41, 5.74) is 4.24. The lowest BCUT2D eigenvalue weighted by molar-refractivity contribution is 0.850. The molecule has 0 amide bonds. The Labute approximate surface area is 77.4 Å². The first-order chi connectivity index (χ1) is 6.20. The molecular formula is C10H13N3. The van der Waals surface area contributed by atoms with Crippen LogP contribution < -0.4 is 0 Å². The first kappa shape index (κ1) is 8.23. The minimum absolute atomic E-state index is 0.953. The van der Waals surface area contributed by atoms with Gasteiger partial charge in [0.25, 0.3) is 0 Å². The van der Waals surface area contributed by atoms with Gasteiger partial charge in [0.2, 0.25) is 0 Å². The summed E-state index contributed by atoms with van der Waals surface area (Å²) in [6.07, 6.45) is 0.960. The zero-order valence-electron chi connectivity index (χ0n) is 8.20. The molecule has 0 N–H and O–H groups in total. The summed E-state index contributed by atoms with van der Waals surface area (Å²) in [6, 6.07) is 4.08. The zero-order chi connectivity index (χ0) is 9.42. The van der Waals surface area contributed by atoms with E-state index in [-0.39, 0.29) is 0 Å². The maximum absolute atomic E-state index is 4.43. The second-order valence-electron chi connectivity index (χ2n) is 3.30. The van der Waals surface area contributed by atoms with Gasteiger partial charge in [-0.1, -0.05) is 6.92 Å². The van der Waals surface area contributed by atoms with Crippen molar-refractivity contribution >= 4 is 5.65 Å². The second-order valence-corrected chi connectivity index (χ2v) is 3.30. The van der Waals surface area contributed by atoms with E-state index in [1.807, 2.05) is 30.5 Å². The van der Waals surface area contributed by atoms with Crippen molar-refractivity contribution in [3.8, 4) is 0 Å². The number of hydrogen-bond donors (Lipinski definition) is 0. The van der Waals surface area contributed by atoms with Gasteiger partial charge in [0.1, 0.15) is 0 Å². The Morgan fingerprint density at radius 2 is 2.08 bits per heavy atom.